The van der Waals surface area contributed by atoms with E-state index in [-0.39, 0.29) is 0 Å². The first-order chi connectivity index (χ1) is 11.9. The van der Waals surface area contributed by atoms with Crippen LogP contribution in [0.5, 0.6) is 0 Å². The van der Waals surface area contributed by atoms with Crippen molar-refractivity contribution in [3.63, 3.8) is 0 Å². The molecule has 0 spiro atoms. The maximum Gasteiger partial charge on any atom is 0.211 e. The molecule has 0 unspecified atom stereocenters. The summed E-state index contributed by atoms with van der Waals surface area (Å²) >= 11 is 0. The van der Waals surface area contributed by atoms with Crippen molar-refractivity contribution in [2.24, 2.45) is 4.99 Å². The Bertz CT molecular complexity index is 633. The maximum absolute atomic E-state index is 11.6. The van der Waals surface area contributed by atoms with E-state index in [0.29, 0.717) is 38.6 Å². The fourth-order valence-corrected chi connectivity index (χ4v) is 3.48. The number of sulfonamides is 1. The third-order valence-corrected chi connectivity index (χ3v) is 5.34. The fraction of sp³-hybridized carbons (Fsp3) is 0.750. The van der Waals surface area contributed by atoms with Crippen molar-refractivity contribution in [1.82, 2.24) is 20.1 Å². The minimum atomic E-state index is -3.13. The Balaban J connectivity index is 2.47. The number of rotatable bonds is 10. The van der Waals surface area contributed by atoms with Crippen molar-refractivity contribution in [2.75, 3.05) is 32.9 Å². The maximum atomic E-state index is 11.6. The highest BCUT2D eigenvalue weighted by molar-refractivity contribution is 7.88. The van der Waals surface area contributed by atoms with Crippen molar-refractivity contribution in [3.05, 3.63) is 17.0 Å². The third-order valence-electron chi connectivity index (χ3n) is 3.96. The Morgan fingerprint density at radius 2 is 1.96 bits per heavy atom. The highest BCUT2D eigenvalue weighted by Crippen LogP contribution is 2.15. The van der Waals surface area contributed by atoms with E-state index < -0.39 is 10.0 Å². The molecule has 1 rings (SSSR count). The van der Waals surface area contributed by atoms with Crippen LogP contribution in [0.2, 0.25) is 0 Å². The van der Waals surface area contributed by atoms with E-state index in [1.54, 1.807) is 7.05 Å². The van der Waals surface area contributed by atoms with E-state index in [1.807, 2.05) is 13.8 Å². The first-order valence-corrected chi connectivity index (χ1v) is 10.6. The molecule has 0 aromatic carbocycles. The van der Waals surface area contributed by atoms with Crippen LogP contribution in [0, 0.1) is 0 Å². The Labute approximate surface area is 151 Å². The number of hydrogen-bond donors (Lipinski definition) is 2. The summed E-state index contributed by atoms with van der Waals surface area (Å²) in [5.41, 5.74) is 2.05. The molecule has 0 aliphatic heterocycles. The van der Waals surface area contributed by atoms with Crippen LogP contribution in [0.4, 0.5) is 0 Å². The summed E-state index contributed by atoms with van der Waals surface area (Å²) in [6, 6.07) is 0. The number of nitrogens with zero attached hydrogens (tertiary/aromatic N) is 3. The largest absolute Gasteiger partial charge is 0.361 e. The number of guanidine groups is 1. The third kappa shape index (κ3) is 6.66. The molecule has 1 heterocycles. The molecule has 8 nitrogen and oxygen atoms in total. The Morgan fingerprint density at radius 1 is 1.24 bits per heavy atom. The van der Waals surface area contributed by atoms with Crippen LogP contribution in [-0.2, 0) is 29.4 Å². The van der Waals surface area contributed by atoms with Crippen molar-refractivity contribution >= 4 is 16.0 Å². The number of aliphatic imine (C=N–C) groups is 1. The van der Waals surface area contributed by atoms with Gasteiger partial charge in [-0.05, 0) is 12.8 Å². The molecule has 0 amide bonds. The van der Waals surface area contributed by atoms with Gasteiger partial charge in [-0.2, -0.15) is 0 Å². The lowest BCUT2D eigenvalue weighted by Crippen LogP contribution is -2.39. The molecule has 0 aliphatic rings. The van der Waals surface area contributed by atoms with Gasteiger partial charge in [-0.25, -0.2) is 12.7 Å². The number of nitrogens with one attached hydrogen (secondary N) is 2. The van der Waals surface area contributed by atoms with Gasteiger partial charge < -0.3 is 15.2 Å². The second kappa shape index (κ2) is 10.4. The average Bonchev–Trinajstić information content (AvgIpc) is 2.98. The molecule has 25 heavy (non-hydrogen) atoms. The van der Waals surface area contributed by atoms with Gasteiger partial charge in [0.1, 0.15) is 5.76 Å². The predicted molar refractivity (Wildman–Crippen MR) is 100 cm³/mol. The van der Waals surface area contributed by atoms with Crippen LogP contribution in [0.1, 0.15) is 44.2 Å². The van der Waals surface area contributed by atoms with E-state index in [0.717, 1.165) is 29.9 Å². The van der Waals surface area contributed by atoms with E-state index in [4.69, 9.17) is 4.52 Å². The second-order valence-electron chi connectivity index (χ2n) is 5.70. The molecule has 9 heteroatoms. The molecule has 0 saturated heterocycles. The lowest BCUT2D eigenvalue weighted by molar-refractivity contribution is 0.380. The summed E-state index contributed by atoms with van der Waals surface area (Å²) in [7, 11) is -1.43. The van der Waals surface area contributed by atoms with Crippen LogP contribution in [-0.4, -0.2) is 56.8 Å². The van der Waals surface area contributed by atoms with E-state index >= 15 is 0 Å². The standard InChI is InChI=1S/C16H31N5O3S/c1-6-14-13(15(7-2)24-20-14)12-19-16(17-4)18-10-9-11-21(8-3)25(5,22)23/h6-12H2,1-5H3,(H2,17,18,19). The monoisotopic (exact) mass is 373 g/mol. The summed E-state index contributed by atoms with van der Waals surface area (Å²) in [6.07, 6.45) is 3.56. The number of aryl methyl sites for hydroxylation is 2. The van der Waals surface area contributed by atoms with Gasteiger partial charge in [0.25, 0.3) is 0 Å². The van der Waals surface area contributed by atoms with Gasteiger partial charge in [0.05, 0.1) is 11.9 Å². The topological polar surface area (TPSA) is 99.8 Å². The highest BCUT2D eigenvalue weighted by atomic mass is 32.2. The SMILES string of the molecule is CCc1noc(CC)c1CNC(=NC)NCCCN(CC)S(C)(=O)=O. The minimum absolute atomic E-state index is 0.485. The van der Waals surface area contributed by atoms with E-state index in [2.05, 4.69) is 27.7 Å². The molecule has 0 saturated carbocycles. The van der Waals surface area contributed by atoms with Crippen LogP contribution in [0.25, 0.3) is 0 Å². The zero-order valence-electron chi connectivity index (χ0n) is 15.9. The van der Waals surface area contributed by atoms with Crippen LogP contribution >= 0.6 is 0 Å². The summed E-state index contributed by atoms with van der Waals surface area (Å²) in [4.78, 5) is 4.20. The molecule has 0 atom stereocenters. The van der Waals surface area contributed by atoms with Crippen LogP contribution in [0.3, 0.4) is 0 Å². The van der Waals surface area contributed by atoms with Gasteiger partial charge in [-0.3, -0.25) is 4.99 Å². The summed E-state index contributed by atoms with van der Waals surface area (Å²) in [5, 5.41) is 10.6. The molecule has 0 aliphatic carbocycles. The Morgan fingerprint density at radius 3 is 2.48 bits per heavy atom. The second-order valence-corrected chi connectivity index (χ2v) is 7.68. The van der Waals surface area contributed by atoms with Crippen molar-refractivity contribution in [1.29, 1.82) is 0 Å². The smallest absolute Gasteiger partial charge is 0.211 e. The highest BCUT2D eigenvalue weighted by Gasteiger charge is 2.14. The van der Waals surface area contributed by atoms with Crippen molar-refractivity contribution in [3.8, 4) is 0 Å². The van der Waals surface area contributed by atoms with Gasteiger partial charge in [0.15, 0.2) is 5.96 Å². The average molecular weight is 374 g/mol. The van der Waals surface area contributed by atoms with Crippen LogP contribution < -0.4 is 10.6 Å². The molecule has 0 radical (unpaired) electrons. The van der Waals surface area contributed by atoms with Crippen molar-refractivity contribution < 1.29 is 12.9 Å². The lowest BCUT2D eigenvalue weighted by atomic mass is 10.1. The van der Waals surface area contributed by atoms with Gasteiger partial charge in [0, 0.05) is 45.2 Å². The Hall–Kier alpha value is -1.61. The molecule has 0 fully saturated rings. The van der Waals surface area contributed by atoms with Crippen LogP contribution in [0.15, 0.2) is 9.52 Å². The van der Waals surface area contributed by atoms with E-state index in [9.17, 15) is 8.42 Å². The van der Waals surface area contributed by atoms with Crippen molar-refractivity contribution in [2.45, 2.75) is 46.6 Å². The van der Waals surface area contributed by atoms with E-state index in [1.165, 1.54) is 10.6 Å². The fourth-order valence-electron chi connectivity index (χ4n) is 2.55. The Kier molecular flexibility index (Phi) is 8.91. The summed E-state index contributed by atoms with van der Waals surface area (Å²) < 4.78 is 29.9. The van der Waals surface area contributed by atoms with Gasteiger partial charge >= 0.3 is 0 Å². The zero-order chi connectivity index (χ0) is 18.9. The summed E-state index contributed by atoms with van der Waals surface area (Å²) in [6.45, 7) is 8.14. The number of hydrogen-bond acceptors (Lipinski definition) is 5. The van der Waals surface area contributed by atoms with Gasteiger partial charge in [-0.15, -0.1) is 0 Å². The number of aromatic nitrogens is 1. The molecular weight excluding hydrogens is 342 g/mol. The summed E-state index contributed by atoms with van der Waals surface area (Å²) in [5.74, 6) is 1.57. The molecular formula is C16H31N5O3S. The molecule has 2 N–H and O–H groups in total. The normalized spacial score (nSPS) is 12.6. The first-order valence-electron chi connectivity index (χ1n) is 8.73. The molecule has 0 bridgehead atoms. The predicted octanol–water partition coefficient (Wildman–Crippen LogP) is 1.14. The molecule has 1 aromatic rings. The molecule has 144 valence electrons. The van der Waals surface area contributed by atoms with Gasteiger partial charge in [0.2, 0.25) is 10.0 Å². The van der Waals surface area contributed by atoms with Gasteiger partial charge in [-0.1, -0.05) is 25.9 Å². The zero-order valence-corrected chi connectivity index (χ0v) is 16.7. The minimum Gasteiger partial charge on any atom is -0.361 e. The lowest BCUT2D eigenvalue weighted by Gasteiger charge is -2.18. The first kappa shape index (κ1) is 21.4. The quantitative estimate of drug-likeness (QED) is 0.362. The molecule has 1 aromatic heterocycles.